The summed E-state index contributed by atoms with van der Waals surface area (Å²) < 4.78 is 6.71. The molecule has 92 valence electrons. The number of nitrogens with one attached hydrogen (secondary N) is 1. The lowest BCUT2D eigenvalue weighted by atomic mass is 10.4. The molecule has 0 spiro atoms. The summed E-state index contributed by atoms with van der Waals surface area (Å²) in [5.74, 6) is 0.422. The summed E-state index contributed by atoms with van der Waals surface area (Å²) in [6.45, 7) is 1.26. The van der Waals surface area contributed by atoms with Crippen LogP contribution in [-0.2, 0) is 11.3 Å². The molecule has 0 aliphatic carbocycles. The van der Waals surface area contributed by atoms with Crippen molar-refractivity contribution < 1.29 is 4.74 Å². The molecule has 0 bridgehead atoms. The molecule has 0 saturated carbocycles. The molecule has 1 N–H and O–H groups in total. The van der Waals surface area contributed by atoms with E-state index in [1.165, 1.54) is 12.4 Å². The molecular weight excluding hydrogens is 232 g/mol. The Kier molecular flexibility index (Phi) is 3.83. The Morgan fingerprint density at radius 3 is 3.06 bits per heavy atom. The Hall–Kier alpha value is -2.46. The Bertz CT molecular complexity index is 559. The van der Waals surface area contributed by atoms with Gasteiger partial charge in [-0.1, -0.05) is 0 Å². The van der Waals surface area contributed by atoms with E-state index in [1.807, 2.05) is 12.3 Å². The summed E-state index contributed by atoms with van der Waals surface area (Å²) in [5.41, 5.74) is 1.00. The molecule has 0 radical (unpaired) electrons. The van der Waals surface area contributed by atoms with Crippen molar-refractivity contribution in [1.82, 2.24) is 19.7 Å². The highest BCUT2D eigenvalue weighted by molar-refractivity contribution is 5.58. The van der Waals surface area contributed by atoms with E-state index in [9.17, 15) is 0 Å². The second-order valence-corrected chi connectivity index (χ2v) is 3.48. The minimum absolute atomic E-state index is 0.252. The normalized spacial score (nSPS) is 10.0. The summed E-state index contributed by atoms with van der Waals surface area (Å²) >= 11 is 0. The van der Waals surface area contributed by atoms with Crippen LogP contribution in [0.25, 0.3) is 0 Å². The second-order valence-electron chi connectivity index (χ2n) is 3.48. The van der Waals surface area contributed by atoms with Crippen molar-refractivity contribution in [1.29, 1.82) is 5.26 Å². The molecule has 0 aliphatic rings. The van der Waals surface area contributed by atoms with Crippen LogP contribution in [0, 0.1) is 11.3 Å². The van der Waals surface area contributed by atoms with E-state index >= 15 is 0 Å². The highest BCUT2D eigenvalue weighted by Gasteiger charge is 2.05. The molecule has 0 fully saturated rings. The zero-order chi connectivity index (χ0) is 12.8. The third-order valence-electron chi connectivity index (χ3n) is 2.22. The molecule has 0 aliphatic heterocycles. The van der Waals surface area contributed by atoms with Gasteiger partial charge in [-0.2, -0.15) is 10.4 Å². The van der Waals surface area contributed by atoms with Crippen LogP contribution in [0.1, 0.15) is 5.69 Å². The summed E-state index contributed by atoms with van der Waals surface area (Å²) in [6.07, 6.45) is 6.48. The van der Waals surface area contributed by atoms with E-state index in [0.717, 1.165) is 5.69 Å². The number of anilines is 2. The number of nitriles is 1. The summed E-state index contributed by atoms with van der Waals surface area (Å²) in [5, 5.41) is 16.0. The lowest BCUT2D eigenvalue weighted by Gasteiger charge is -2.02. The Morgan fingerprint density at radius 1 is 1.44 bits per heavy atom. The standard InChI is InChI=1S/C11H12N6O/c1-18-5-4-17-8-9(7-15-17)16-11-10(6-12)13-2-3-14-11/h2-3,7-8H,4-5H2,1H3,(H,14,16). The number of rotatable bonds is 5. The van der Waals surface area contributed by atoms with Crippen molar-refractivity contribution in [2.24, 2.45) is 0 Å². The smallest absolute Gasteiger partial charge is 0.183 e. The zero-order valence-corrected chi connectivity index (χ0v) is 9.87. The number of ether oxygens (including phenoxy) is 1. The average molecular weight is 244 g/mol. The van der Waals surface area contributed by atoms with Crippen LogP contribution < -0.4 is 5.32 Å². The minimum atomic E-state index is 0.252. The Balaban J connectivity index is 2.09. The maximum atomic E-state index is 8.89. The number of hydrogen-bond acceptors (Lipinski definition) is 6. The lowest BCUT2D eigenvalue weighted by Crippen LogP contribution is -2.04. The molecule has 2 aromatic rings. The molecule has 0 amide bonds. The van der Waals surface area contributed by atoms with Crippen molar-refractivity contribution in [3.63, 3.8) is 0 Å². The molecule has 0 unspecified atom stereocenters. The predicted octanol–water partition coefficient (Wildman–Crippen LogP) is 0.935. The first-order valence-electron chi connectivity index (χ1n) is 5.33. The molecule has 0 saturated heterocycles. The first kappa shape index (κ1) is 12.0. The van der Waals surface area contributed by atoms with Crippen molar-refractivity contribution >= 4 is 11.5 Å². The van der Waals surface area contributed by atoms with E-state index in [-0.39, 0.29) is 5.69 Å². The van der Waals surface area contributed by atoms with Crippen LogP contribution >= 0.6 is 0 Å². The predicted molar refractivity (Wildman–Crippen MR) is 64.1 cm³/mol. The molecule has 2 rings (SSSR count). The maximum Gasteiger partial charge on any atom is 0.183 e. The highest BCUT2D eigenvalue weighted by atomic mass is 16.5. The SMILES string of the molecule is COCCn1cc(Nc2nccnc2C#N)cn1. The molecular formula is C11H12N6O. The van der Waals surface area contributed by atoms with Gasteiger partial charge in [0.1, 0.15) is 6.07 Å². The topological polar surface area (TPSA) is 88.6 Å². The first-order valence-corrected chi connectivity index (χ1v) is 5.33. The zero-order valence-electron chi connectivity index (χ0n) is 9.87. The van der Waals surface area contributed by atoms with E-state index < -0.39 is 0 Å². The van der Waals surface area contributed by atoms with Crippen molar-refractivity contribution in [3.05, 3.63) is 30.5 Å². The van der Waals surface area contributed by atoms with Gasteiger partial charge in [0, 0.05) is 25.7 Å². The number of methoxy groups -OCH3 is 1. The van der Waals surface area contributed by atoms with Gasteiger partial charge in [0.2, 0.25) is 0 Å². The van der Waals surface area contributed by atoms with Gasteiger partial charge in [0.05, 0.1) is 25.0 Å². The van der Waals surface area contributed by atoms with Gasteiger partial charge in [-0.25, -0.2) is 9.97 Å². The number of aromatic nitrogens is 4. The summed E-state index contributed by atoms with van der Waals surface area (Å²) in [4.78, 5) is 7.97. The molecule has 2 aromatic heterocycles. The van der Waals surface area contributed by atoms with Gasteiger partial charge in [0.25, 0.3) is 0 Å². The molecule has 7 heteroatoms. The minimum Gasteiger partial charge on any atom is -0.383 e. The molecule has 0 aromatic carbocycles. The van der Waals surface area contributed by atoms with Crippen molar-refractivity contribution in [2.75, 3.05) is 19.0 Å². The van der Waals surface area contributed by atoms with Crippen LogP contribution in [0.4, 0.5) is 11.5 Å². The highest BCUT2D eigenvalue weighted by Crippen LogP contribution is 2.15. The third kappa shape index (κ3) is 2.81. The number of hydrogen-bond donors (Lipinski definition) is 1. The van der Waals surface area contributed by atoms with E-state index in [0.29, 0.717) is 19.0 Å². The van der Waals surface area contributed by atoms with Gasteiger partial charge < -0.3 is 10.1 Å². The fraction of sp³-hybridized carbons (Fsp3) is 0.273. The maximum absolute atomic E-state index is 8.89. The molecule has 0 atom stereocenters. The lowest BCUT2D eigenvalue weighted by molar-refractivity contribution is 0.183. The van der Waals surface area contributed by atoms with Crippen LogP contribution in [0.2, 0.25) is 0 Å². The summed E-state index contributed by atoms with van der Waals surface area (Å²) in [6, 6.07) is 1.97. The molecule has 7 nitrogen and oxygen atoms in total. The van der Waals surface area contributed by atoms with Crippen molar-refractivity contribution in [3.8, 4) is 6.07 Å². The largest absolute Gasteiger partial charge is 0.383 e. The summed E-state index contributed by atoms with van der Waals surface area (Å²) in [7, 11) is 1.64. The van der Waals surface area contributed by atoms with Crippen LogP contribution in [0.3, 0.4) is 0 Å². The molecule has 18 heavy (non-hydrogen) atoms. The van der Waals surface area contributed by atoms with Crippen LogP contribution in [0.15, 0.2) is 24.8 Å². The van der Waals surface area contributed by atoms with Gasteiger partial charge >= 0.3 is 0 Å². The fourth-order valence-corrected chi connectivity index (χ4v) is 1.38. The van der Waals surface area contributed by atoms with Gasteiger partial charge in [-0.05, 0) is 0 Å². The van der Waals surface area contributed by atoms with E-state index in [2.05, 4.69) is 20.4 Å². The average Bonchev–Trinajstić information content (AvgIpc) is 2.84. The van der Waals surface area contributed by atoms with Gasteiger partial charge in [-0.3, -0.25) is 4.68 Å². The van der Waals surface area contributed by atoms with E-state index in [1.54, 1.807) is 18.0 Å². The Labute approximate surface area is 104 Å². The quantitative estimate of drug-likeness (QED) is 0.841. The first-order chi connectivity index (χ1) is 8.83. The molecule has 2 heterocycles. The van der Waals surface area contributed by atoms with Crippen LogP contribution in [-0.4, -0.2) is 33.5 Å². The van der Waals surface area contributed by atoms with Crippen molar-refractivity contribution in [2.45, 2.75) is 6.54 Å². The Morgan fingerprint density at radius 2 is 2.28 bits per heavy atom. The van der Waals surface area contributed by atoms with Crippen LogP contribution in [0.5, 0.6) is 0 Å². The van der Waals surface area contributed by atoms with E-state index in [4.69, 9.17) is 10.00 Å². The number of nitrogens with zero attached hydrogens (tertiary/aromatic N) is 5. The third-order valence-corrected chi connectivity index (χ3v) is 2.22. The monoisotopic (exact) mass is 244 g/mol. The fourth-order valence-electron chi connectivity index (χ4n) is 1.38. The second kappa shape index (κ2) is 5.75. The van der Waals surface area contributed by atoms with Gasteiger partial charge in [-0.15, -0.1) is 0 Å². The van der Waals surface area contributed by atoms with Gasteiger partial charge in [0.15, 0.2) is 11.5 Å².